The number of hydrogen-bond donors (Lipinski definition) is 1. The Morgan fingerprint density at radius 3 is 2.68 bits per heavy atom. The van der Waals surface area contributed by atoms with Crippen LogP contribution < -0.4 is 4.72 Å². The summed E-state index contributed by atoms with van der Waals surface area (Å²) < 4.78 is 71.8. The number of anilines is 1. The fourth-order valence-electron chi connectivity index (χ4n) is 2.54. The molecule has 1 fully saturated rings. The smallest absolute Gasteiger partial charge is 0.381 e. The van der Waals surface area contributed by atoms with Crippen molar-refractivity contribution in [3.05, 3.63) is 23.0 Å². The molecule has 2 aromatic rings. The number of nitrogens with one attached hydrogen (secondary N) is 1. The molecular weight excluding hydrogens is 381 g/mol. The first kappa shape index (κ1) is 18.1. The third-order valence-corrected chi connectivity index (χ3v) is 5.98. The zero-order chi connectivity index (χ0) is 18.2. The SMILES string of the molecule is Cn1cc(S(=O)(=O)Nc2nc(C3CCOCC3)cs2)c(C(F)(F)F)n1. The second-order valence-corrected chi connectivity index (χ2v) is 8.09. The molecule has 3 heterocycles. The number of aromatic nitrogens is 3. The molecule has 0 radical (unpaired) electrons. The molecule has 2 aromatic heterocycles. The molecule has 0 aliphatic carbocycles. The van der Waals surface area contributed by atoms with Crippen LogP contribution in [0, 0.1) is 0 Å². The number of ether oxygens (including phenoxy) is 1. The number of rotatable bonds is 4. The van der Waals surface area contributed by atoms with E-state index in [9.17, 15) is 21.6 Å². The summed E-state index contributed by atoms with van der Waals surface area (Å²) in [4.78, 5) is 3.28. The summed E-state index contributed by atoms with van der Waals surface area (Å²) in [6.45, 7) is 1.21. The summed E-state index contributed by atoms with van der Waals surface area (Å²) in [6.07, 6.45) is -2.51. The highest BCUT2D eigenvalue weighted by Gasteiger charge is 2.41. The van der Waals surface area contributed by atoms with Gasteiger partial charge < -0.3 is 4.74 Å². The predicted molar refractivity (Wildman–Crippen MR) is 83.9 cm³/mol. The Balaban J connectivity index is 1.84. The molecule has 138 valence electrons. The second kappa shape index (κ2) is 6.57. The molecule has 1 aliphatic rings. The fraction of sp³-hybridized carbons (Fsp3) is 0.538. The van der Waals surface area contributed by atoms with Gasteiger partial charge in [-0.25, -0.2) is 13.4 Å². The Morgan fingerprint density at radius 1 is 1.36 bits per heavy atom. The highest BCUT2D eigenvalue weighted by molar-refractivity contribution is 7.93. The van der Waals surface area contributed by atoms with Crippen molar-refractivity contribution in [3.63, 3.8) is 0 Å². The van der Waals surface area contributed by atoms with E-state index in [2.05, 4.69) is 14.8 Å². The van der Waals surface area contributed by atoms with Gasteiger partial charge in [-0.2, -0.15) is 18.3 Å². The number of hydrogen-bond acceptors (Lipinski definition) is 6. The van der Waals surface area contributed by atoms with Crippen LogP contribution >= 0.6 is 11.3 Å². The zero-order valence-electron chi connectivity index (χ0n) is 13.1. The highest BCUT2D eigenvalue weighted by atomic mass is 32.2. The molecule has 0 saturated carbocycles. The van der Waals surface area contributed by atoms with Crippen molar-refractivity contribution in [3.8, 4) is 0 Å². The van der Waals surface area contributed by atoms with Gasteiger partial charge >= 0.3 is 6.18 Å². The van der Waals surface area contributed by atoms with Gasteiger partial charge in [0.2, 0.25) is 0 Å². The first-order valence-electron chi connectivity index (χ1n) is 7.33. The molecule has 12 heteroatoms. The van der Waals surface area contributed by atoms with E-state index in [-0.39, 0.29) is 11.0 Å². The summed E-state index contributed by atoms with van der Waals surface area (Å²) >= 11 is 1.03. The lowest BCUT2D eigenvalue weighted by Gasteiger charge is -2.19. The van der Waals surface area contributed by atoms with Crippen molar-refractivity contribution in [1.29, 1.82) is 0 Å². The van der Waals surface area contributed by atoms with Crippen LogP contribution in [0.2, 0.25) is 0 Å². The van der Waals surface area contributed by atoms with Crippen LogP contribution in [0.3, 0.4) is 0 Å². The first-order valence-corrected chi connectivity index (χ1v) is 9.70. The van der Waals surface area contributed by atoms with Gasteiger partial charge in [0.15, 0.2) is 10.8 Å². The maximum Gasteiger partial charge on any atom is 0.436 e. The minimum Gasteiger partial charge on any atom is -0.381 e. The van der Waals surface area contributed by atoms with Gasteiger partial charge in [-0.3, -0.25) is 9.40 Å². The minimum absolute atomic E-state index is 0.0264. The van der Waals surface area contributed by atoms with E-state index < -0.39 is 26.8 Å². The lowest BCUT2D eigenvalue weighted by Crippen LogP contribution is -2.18. The van der Waals surface area contributed by atoms with Gasteiger partial charge in [0.25, 0.3) is 10.0 Å². The topological polar surface area (TPSA) is 86.1 Å². The summed E-state index contributed by atoms with van der Waals surface area (Å²) in [6, 6.07) is 0. The number of aryl methyl sites for hydroxylation is 1. The van der Waals surface area contributed by atoms with Gasteiger partial charge in [-0.1, -0.05) is 0 Å². The molecule has 3 rings (SSSR count). The monoisotopic (exact) mass is 396 g/mol. The van der Waals surface area contributed by atoms with E-state index in [0.717, 1.165) is 35.1 Å². The molecule has 0 unspecified atom stereocenters. The average Bonchev–Trinajstić information content (AvgIpc) is 3.14. The Kier molecular flexibility index (Phi) is 4.77. The van der Waals surface area contributed by atoms with Crippen LogP contribution in [-0.4, -0.2) is 36.4 Å². The van der Waals surface area contributed by atoms with Crippen LogP contribution in [0.25, 0.3) is 0 Å². The number of halogens is 3. The lowest BCUT2D eigenvalue weighted by atomic mass is 9.98. The molecule has 0 atom stereocenters. The van der Waals surface area contributed by atoms with E-state index in [1.807, 2.05) is 0 Å². The van der Waals surface area contributed by atoms with Crippen LogP contribution in [0.15, 0.2) is 16.5 Å². The molecule has 1 N–H and O–H groups in total. The second-order valence-electron chi connectivity index (χ2n) is 5.58. The summed E-state index contributed by atoms with van der Waals surface area (Å²) in [7, 11) is -3.23. The molecule has 1 aliphatic heterocycles. The normalized spacial score (nSPS) is 17.0. The maximum atomic E-state index is 13.0. The molecular formula is C13H15F3N4O3S2. The molecule has 25 heavy (non-hydrogen) atoms. The van der Waals surface area contributed by atoms with E-state index in [0.29, 0.717) is 18.9 Å². The number of nitrogens with zero attached hydrogens (tertiary/aromatic N) is 3. The van der Waals surface area contributed by atoms with Gasteiger partial charge in [-0.15, -0.1) is 11.3 Å². The van der Waals surface area contributed by atoms with E-state index in [1.54, 1.807) is 5.38 Å². The average molecular weight is 396 g/mol. The minimum atomic E-state index is -4.87. The van der Waals surface area contributed by atoms with Gasteiger partial charge in [-0.05, 0) is 12.8 Å². The van der Waals surface area contributed by atoms with E-state index in [4.69, 9.17) is 4.74 Å². The molecule has 0 bridgehead atoms. The van der Waals surface area contributed by atoms with Crippen molar-refractivity contribution < 1.29 is 26.3 Å². The van der Waals surface area contributed by atoms with Crippen LogP contribution in [0.5, 0.6) is 0 Å². The third-order valence-electron chi connectivity index (χ3n) is 3.74. The third kappa shape index (κ3) is 3.96. The highest BCUT2D eigenvalue weighted by Crippen LogP contribution is 2.34. The molecule has 7 nitrogen and oxygen atoms in total. The van der Waals surface area contributed by atoms with Crippen molar-refractivity contribution in [2.24, 2.45) is 7.05 Å². The van der Waals surface area contributed by atoms with Crippen LogP contribution in [0.1, 0.15) is 30.1 Å². The predicted octanol–water partition coefficient (Wildman–Crippen LogP) is 2.59. The Hall–Kier alpha value is -1.66. The number of thiazole rings is 1. The van der Waals surface area contributed by atoms with E-state index in [1.165, 1.54) is 7.05 Å². The standard InChI is InChI=1S/C13H15F3N4O3S2/c1-20-6-10(11(18-20)13(14,15)16)25(21,22)19-12-17-9(7-24-12)8-2-4-23-5-3-8/h6-8H,2-5H2,1H3,(H,17,19). The molecule has 1 saturated heterocycles. The van der Waals surface area contributed by atoms with Crippen molar-refractivity contribution in [2.45, 2.75) is 29.8 Å². The summed E-state index contributed by atoms with van der Waals surface area (Å²) in [5, 5.41) is 4.95. The van der Waals surface area contributed by atoms with Gasteiger partial charge in [0, 0.05) is 37.8 Å². The zero-order valence-corrected chi connectivity index (χ0v) is 14.7. The largest absolute Gasteiger partial charge is 0.436 e. The van der Waals surface area contributed by atoms with Crippen LogP contribution in [0.4, 0.5) is 18.3 Å². The maximum absolute atomic E-state index is 13.0. The van der Waals surface area contributed by atoms with Crippen molar-refractivity contribution in [2.75, 3.05) is 17.9 Å². The van der Waals surface area contributed by atoms with Crippen molar-refractivity contribution >= 4 is 26.5 Å². The van der Waals surface area contributed by atoms with Crippen LogP contribution in [-0.2, 0) is 28.0 Å². The van der Waals surface area contributed by atoms with Gasteiger partial charge in [0.05, 0.1) is 5.69 Å². The Labute approximate surface area is 145 Å². The molecule has 0 aromatic carbocycles. The molecule has 0 amide bonds. The van der Waals surface area contributed by atoms with E-state index >= 15 is 0 Å². The Morgan fingerprint density at radius 2 is 2.04 bits per heavy atom. The Bertz CT molecular complexity index is 854. The number of sulfonamides is 1. The first-order chi connectivity index (χ1) is 11.7. The van der Waals surface area contributed by atoms with Crippen molar-refractivity contribution in [1.82, 2.24) is 14.8 Å². The quantitative estimate of drug-likeness (QED) is 0.859. The van der Waals surface area contributed by atoms with Gasteiger partial charge in [0.1, 0.15) is 4.90 Å². The summed E-state index contributed by atoms with van der Waals surface area (Å²) in [5.74, 6) is 0.160. The summed E-state index contributed by atoms with van der Waals surface area (Å²) in [5.41, 5.74) is -0.739. The number of alkyl halides is 3. The lowest BCUT2D eigenvalue weighted by molar-refractivity contribution is -0.143. The fourth-order valence-corrected chi connectivity index (χ4v) is 4.79. The molecule has 0 spiro atoms.